The average molecular weight is 296 g/mol. The van der Waals surface area contributed by atoms with Gasteiger partial charge in [0, 0.05) is 34.9 Å². The van der Waals surface area contributed by atoms with Crippen LogP contribution in [-0.2, 0) is 21.3 Å². The zero-order chi connectivity index (χ0) is 14.8. The van der Waals surface area contributed by atoms with Gasteiger partial charge in [-0.15, -0.1) is 0 Å². The average Bonchev–Trinajstić information content (AvgIpc) is 2.38. The molecular weight excluding hydrogens is 272 g/mol. The van der Waals surface area contributed by atoms with Gasteiger partial charge in [-0.3, -0.25) is 9.00 Å². The summed E-state index contributed by atoms with van der Waals surface area (Å²) in [4.78, 5) is 11.8. The van der Waals surface area contributed by atoms with E-state index in [1.54, 1.807) is 6.26 Å². The van der Waals surface area contributed by atoms with E-state index in [1.165, 1.54) is 0 Å². The molecule has 5 heteroatoms. The first-order chi connectivity index (χ1) is 9.61. The first-order valence-corrected chi connectivity index (χ1v) is 8.73. The second-order valence-electron chi connectivity index (χ2n) is 4.92. The molecule has 0 radical (unpaired) electrons. The van der Waals surface area contributed by atoms with Crippen LogP contribution in [0.25, 0.3) is 0 Å². The van der Waals surface area contributed by atoms with Crippen molar-refractivity contribution in [2.45, 2.75) is 37.9 Å². The van der Waals surface area contributed by atoms with E-state index in [0.29, 0.717) is 12.2 Å². The van der Waals surface area contributed by atoms with E-state index in [2.05, 4.69) is 5.32 Å². The molecule has 0 saturated carbocycles. The molecule has 1 aromatic rings. The maximum Gasteiger partial charge on any atom is 0.224 e. The van der Waals surface area contributed by atoms with Crippen LogP contribution in [-0.4, -0.2) is 22.9 Å². The number of carbonyl (C=O) groups excluding carboxylic acids is 1. The number of unbranched alkanes of at least 4 members (excludes halogenated alkanes) is 3. The Morgan fingerprint density at radius 1 is 1.25 bits per heavy atom. The molecule has 0 bridgehead atoms. The van der Waals surface area contributed by atoms with Gasteiger partial charge in [-0.05, 0) is 37.1 Å². The highest BCUT2D eigenvalue weighted by Gasteiger charge is 2.03. The lowest BCUT2D eigenvalue weighted by atomic mass is 10.1. The van der Waals surface area contributed by atoms with Crippen LogP contribution in [0, 0.1) is 0 Å². The number of carbonyl (C=O) groups is 1. The lowest BCUT2D eigenvalue weighted by Gasteiger charge is -2.07. The number of nitrogens with one attached hydrogen (secondary N) is 1. The summed E-state index contributed by atoms with van der Waals surface area (Å²) in [7, 11) is -0.869. The molecule has 0 aliphatic carbocycles. The molecule has 20 heavy (non-hydrogen) atoms. The quantitative estimate of drug-likeness (QED) is 0.687. The number of hydrogen-bond acceptors (Lipinski definition) is 3. The number of anilines is 1. The highest BCUT2D eigenvalue weighted by atomic mass is 32.2. The maximum atomic E-state index is 11.8. The lowest BCUT2D eigenvalue weighted by Crippen LogP contribution is -2.11. The van der Waals surface area contributed by atoms with Crippen LogP contribution >= 0.6 is 0 Å². The van der Waals surface area contributed by atoms with Gasteiger partial charge in [0.05, 0.1) is 0 Å². The number of benzene rings is 1. The Bertz CT molecular complexity index is 449. The molecule has 0 spiro atoms. The predicted octanol–water partition coefficient (Wildman–Crippen LogP) is 2.41. The van der Waals surface area contributed by atoms with Gasteiger partial charge in [0.1, 0.15) is 0 Å². The summed E-state index contributed by atoms with van der Waals surface area (Å²) >= 11 is 0. The van der Waals surface area contributed by atoms with Crippen LogP contribution in [0.1, 0.15) is 37.7 Å². The molecular formula is C15H24N2O2S. The van der Waals surface area contributed by atoms with Crippen LogP contribution in [0.5, 0.6) is 0 Å². The minimum atomic E-state index is -0.869. The number of nitrogens with two attached hydrogens (primary N) is 1. The first-order valence-electron chi connectivity index (χ1n) is 7.00. The Morgan fingerprint density at radius 2 is 2.00 bits per heavy atom. The Balaban J connectivity index is 2.36. The minimum Gasteiger partial charge on any atom is -0.330 e. The maximum absolute atomic E-state index is 11.8. The van der Waals surface area contributed by atoms with Gasteiger partial charge in [-0.25, -0.2) is 0 Å². The van der Waals surface area contributed by atoms with Gasteiger partial charge >= 0.3 is 0 Å². The van der Waals surface area contributed by atoms with Crippen LogP contribution in [0.15, 0.2) is 24.3 Å². The highest BCUT2D eigenvalue weighted by Crippen LogP contribution is 2.13. The summed E-state index contributed by atoms with van der Waals surface area (Å²) in [5.41, 5.74) is 7.18. The molecule has 0 aliphatic rings. The molecule has 1 amide bonds. The standard InChI is InChI=1S/C15H24N2O2S/c1-20(19)12-13-7-6-8-14(11-13)17-15(18)9-4-2-3-5-10-16/h6-8,11H,2-5,9-10,12,16H2,1H3,(H,17,18). The summed E-state index contributed by atoms with van der Waals surface area (Å²) in [5, 5.41) is 2.88. The number of rotatable bonds is 9. The number of amides is 1. The third kappa shape index (κ3) is 7.40. The molecule has 0 saturated heterocycles. The zero-order valence-electron chi connectivity index (χ0n) is 12.1. The van der Waals surface area contributed by atoms with E-state index in [-0.39, 0.29) is 5.91 Å². The van der Waals surface area contributed by atoms with Gasteiger partial charge in [0.15, 0.2) is 0 Å². The molecule has 0 aliphatic heterocycles. The predicted molar refractivity (Wildman–Crippen MR) is 85.0 cm³/mol. The fraction of sp³-hybridized carbons (Fsp3) is 0.533. The molecule has 1 rings (SSSR count). The van der Waals surface area contributed by atoms with Crippen molar-refractivity contribution in [1.29, 1.82) is 0 Å². The van der Waals surface area contributed by atoms with Gasteiger partial charge in [0.2, 0.25) is 5.91 Å². The summed E-state index contributed by atoms with van der Waals surface area (Å²) in [6.07, 6.45) is 6.25. The van der Waals surface area contributed by atoms with E-state index >= 15 is 0 Å². The SMILES string of the molecule is CS(=O)Cc1cccc(NC(=O)CCCCCCN)c1. The van der Waals surface area contributed by atoms with Crippen molar-refractivity contribution in [2.75, 3.05) is 18.1 Å². The normalized spacial score (nSPS) is 12.1. The molecule has 1 atom stereocenters. The summed E-state index contributed by atoms with van der Waals surface area (Å²) in [6, 6.07) is 7.53. The summed E-state index contributed by atoms with van der Waals surface area (Å²) < 4.78 is 11.2. The molecule has 4 nitrogen and oxygen atoms in total. The molecule has 0 fully saturated rings. The molecule has 112 valence electrons. The Hall–Kier alpha value is -1.20. The van der Waals surface area contributed by atoms with E-state index < -0.39 is 10.8 Å². The highest BCUT2D eigenvalue weighted by molar-refractivity contribution is 7.83. The van der Waals surface area contributed by atoms with Crippen molar-refractivity contribution in [3.05, 3.63) is 29.8 Å². The summed E-state index contributed by atoms with van der Waals surface area (Å²) in [5.74, 6) is 0.551. The van der Waals surface area contributed by atoms with Gasteiger partial charge in [-0.1, -0.05) is 25.0 Å². The molecule has 0 aromatic heterocycles. The first kappa shape index (κ1) is 16.9. The Labute approximate surface area is 123 Å². The zero-order valence-corrected chi connectivity index (χ0v) is 12.9. The van der Waals surface area contributed by atoms with Crippen LogP contribution < -0.4 is 11.1 Å². The van der Waals surface area contributed by atoms with E-state index in [1.807, 2.05) is 24.3 Å². The third-order valence-electron chi connectivity index (χ3n) is 2.94. The van der Waals surface area contributed by atoms with E-state index in [0.717, 1.165) is 43.5 Å². The Morgan fingerprint density at radius 3 is 2.70 bits per heavy atom. The fourth-order valence-electron chi connectivity index (χ4n) is 1.98. The third-order valence-corrected chi connectivity index (χ3v) is 3.68. The second-order valence-corrected chi connectivity index (χ2v) is 6.35. The van der Waals surface area contributed by atoms with Crippen molar-refractivity contribution < 1.29 is 9.00 Å². The molecule has 3 N–H and O–H groups in total. The number of hydrogen-bond donors (Lipinski definition) is 2. The van der Waals surface area contributed by atoms with Gasteiger partial charge in [0.25, 0.3) is 0 Å². The monoisotopic (exact) mass is 296 g/mol. The largest absolute Gasteiger partial charge is 0.330 e. The molecule has 0 heterocycles. The van der Waals surface area contributed by atoms with Crippen LogP contribution in [0.2, 0.25) is 0 Å². The van der Waals surface area contributed by atoms with Crippen molar-refractivity contribution in [2.24, 2.45) is 5.73 Å². The molecule has 1 unspecified atom stereocenters. The van der Waals surface area contributed by atoms with Gasteiger partial charge in [-0.2, -0.15) is 0 Å². The van der Waals surface area contributed by atoms with Crippen LogP contribution in [0.3, 0.4) is 0 Å². The Kier molecular flexibility index (Phi) is 8.14. The molecule has 1 aromatic carbocycles. The van der Waals surface area contributed by atoms with Crippen molar-refractivity contribution >= 4 is 22.4 Å². The van der Waals surface area contributed by atoms with E-state index in [4.69, 9.17) is 5.73 Å². The lowest BCUT2D eigenvalue weighted by molar-refractivity contribution is -0.116. The second kappa shape index (κ2) is 9.66. The van der Waals surface area contributed by atoms with E-state index in [9.17, 15) is 9.00 Å². The topological polar surface area (TPSA) is 72.2 Å². The summed E-state index contributed by atoms with van der Waals surface area (Å²) in [6.45, 7) is 0.720. The van der Waals surface area contributed by atoms with Crippen molar-refractivity contribution in [3.63, 3.8) is 0 Å². The van der Waals surface area contributed by atoms with Crippen molar-refractivity contribution in [3.8, 4) is 0 Å². The van der Waals surface area contributed by atoms with Crippen molar-refractivity contribution in [1.82, 2.24) is 0 Å². The smallest absolute Gasteiger partial charge is 0.224 e. The minimum absolute atomic E-state index is 0.0347. The fourth-order valence-corrected chi connectivity index (χ4v) is 2.63. The van der Waals surface area contributed by atoms with Crippen LogP contribution in [0.4, 0.5) is 5.69 Å². The van der Waals surface area contributed by atoms with Gasteiger partial charge < -0.3 is 11.1 Å².